The number of anilines is 2. The van der Waals surface area contributed by atoms with E-state index in [2.05, 4.69) is 10.3 Å². The first-order valence-corrected chi connectivity index (χ1v) is 8.79. The lowest BCUT2D eigenvalue weighted by Crippen LogP contribution is -2.25. The Morgan fingerprint density at radius 3 is 2.79 bits per heavy atom. The lowest BCUT2D eigenvalue weighted by molar-refractivity contribution is -0.117. The Morgan fingerprint density at radius 2 is 2.08 bits per heavy atom. The van der Waals surface area contributed by atoms with E-state index in [0.29, 0.717) is 12.1 Å². The fourth-order valence-corrected chi connectivity index (χ4v) is 3.44. The van der Waals surface area contributed by atoms with E-state index >= 15 is 0 Å². The minimum Gasteiger partial charge on any atom is -0.325 e. The largest absolute Gasteiger partial charge is 0.325 e. The molecule has 0 saturated carbocycles. The van der Waals surface area contributed by atoms with Gasteiger partial charge in [0.05, 0.1) is 5.25 Å². The third kappa shape index (κ3) is 3.94. The maximum absolute atomic E-state index is 12.4. The third-order valence-corrected chi connectivity index (χ3v) is 4.94. The SMILES string of the molecule is C[C@H](Sc1ccncc1)C(=O)Nc1cccc(N2CCCC2=O)c1. The first kappa shape index (κ1) is 16.5. The first-order valence-electron chi connectivity index (χ1n) is 7.91. The van der Waals surface area contributed by atoms with Gasteiger partial charge in [-0.3, -0.25) is 14.6 Å². The monoisotopic (exact) mass is 341 g/mol. The van der Waals surface area contributed by atoms with Crippen LogP contribution in [0.1, 0.15) is 19.8 Å². The van der Waals surface area contributed by atoms with E-state index in [-0.39, 0.29) is 17.1 Å². The van der Waals surface area contributed by atoms with Gasteiger partial charge in [-0.25, -0.2) is 0 Å². The van der Waals surface area contributed by atoms with Crippen LogP contribution < -0.4 is 10.2 Å². The van der Waals surface area contributed by atoms with Crippen LogP contribution in [0.3, 0.4) is 0 Å². The summed E-state index contributed by atoms with van der Waals surface area (Å²) in [6, 6.07) is 11.2. The fraction of sp³-hybridized carbons (Fsp3) is 0.278. The van der Waals surface area contributed by atoms with E-state index < -0.39 is 0 Å². The summed E-state index contributed by atoms with van der Waals surface area (Å²) in [5.41, 5.74) is 1.55. The highest BCUT2D eigenvalue weighted by atomic mass is 32.2. The second kappa shape index (κ2) is 7.49. The number of nitrogens with zero attached hydrogens (tertiary/aromatic N) is 2. The maximum Gasteiger partial charge on any atom is 0.237 e. The zero-order chi connectivity index (χ0) is 16.9. The highest BCUT2D eigenvalue weighted by molar-refractivity contribution is 8.00. The number of hydrogen-bond donors (Lipinski definition) is 1. The smallest absolute Gasteiger partial charge is 0.237 e. The van der Waals surface area contributed by atoms with Gasteiger partial charge < -0.3 is 10.2 Å². The molecule has 24 heavy (non-hydrogen) atoms. The summed E-state index contributed by atoms with van der Waals surface area (Å²) in [4.78, 5) is 31.0. The van der Waals surface area contributed by atoms with Crippen molar-refractivity contribution in [1.29, 1.82) is 0 Å². The number of aromatic nitrogens is 1. The van der Waals surface area contributed by atoms with Crippen molar-refractivity contribution in [2.24, 2.45) is 0 Å². The molecule has 5 nitrogen and oxygen atoms in total. The molecule has 2 heterocycles. The van der Waals surface area contributed by atoms with E-state index in [0.717, 1.165) is 23.5 Å². The Hall–Kier alpha value is -2.34. The van der Waals surface area contributed by atoms with Crippen LogP contribution in [0.25, 0.3) is 0 Å². The molecule has 0 aliphatic carbocycles. The number of carbonyl (C=O) groups excluding carboxylic acids is 2. The minimum atomic E-state index is -0.232. The molecule has 0 bridgehead atoms. The summed E-state index contributed by atoms with van der Waals surface area (Å²) < 4.78 is 0. The summed E-state index contributed by atoms with van der Waals surface area (Å²) in [7, 11) is 0. The highest BCUT2D eigenvalue weighted by Crippen LogP contribution is 2.26. The number of carbonyl (C=O) groups is 2. The summed E-state index contributed by atoms with van der Waals surface area (Å²) in [5, 5.41) is 2.70. The second-order valence-electron chi connectivity index (χ2n) is 5.63. The van der Waals surface area contributed by atoms with Gasteiger partial charge in [0.25, 0.3) is 0 Å². The van der Waals surface area contributed by atoms with Crippen molar-refractivity contribution in [2.75, 3.05) is 16.8 Å². The molecule has 1 aromatic heterocycles. The zero-order valence-electron chi connectivity index (χ0n) is 13.4. The molecule has 6 heteroatoms. The molecular formula is C18H19N3O2S. The number of hydrogen-bond acceptors (Lipinski definition) is 4. The molecule has 2 aromatic rings. The van der Waals surface area contributed by atoms with Crippen molar-refractivity contribution >= 4 is 35.0 Å². The number of nitrogens with one attached hydrogen (secondary N) is 1. The Labute approximate surface area is 145 Å². The van der Waals surface area contributed by atoms with E-state index in [1.54, 1.807) is 17.3 Å². The highest BCUT2D eigenvalue weighted by Gasteiger charge is 2.22. The molecule has 1 saturated heterocycles. The van der Waals surface area contributed by atoms with Crippen LogP contribution in [0, 0.1) is 0 Å². The number of rotatable bonds is 5. The van der Waals surface area contributed by atoms with Gasteiger partial charge in [-0.15, -0.1) is 11.8 Å². The number of thioether (sulfide) groups is 1. The third-order valence-electron chi connectivity index (χ3n) is 3.83. The lowest BCUT2D eigenvalue weighted by atomic mass is 10.2. The van der Waals surface area contributed by atoms with Crippen molar-refractivity contribution in [3.63, 3.8) is 0 Å². The van der Waals surface area contributed by atoms with Crippen LogP contribution in [-0.2, 0) is 9.59 Å². The molecule has 1 fully saturated rings. The molecule has 1 atom stereocenters. The summed E-state index contributed by atoms with van der Waals surface area (Å²) in [5.74, 6) is 0.0711. The van der Waals surface area contributed by atoms with E-state index in [1.807, 2.05) is 43.3 Å². The van der Waals surface area contributed by atoms with E-state index in [1.165, 1.54) is 11.8 Å². The molecular weight excluding hydrogens is 322 g/mol. The fourth-order valence-electron chi connectivity index (χ4n) is 2.59. The van der Waals surface area contributed by atoms with Gasteiger partial charge in [0.2, 0.25) is 11.8 Å². The van der Waals surface area contributed by atoms with Crippen molar-refractivity contribution < 1.29 is 9.59 Å². The predicted octanol–water partition coefficient (Wildman–Crippen LogP) is 3.33. The van der Waals surface area contributed by atoms with E-state index in [4.69, 9.17) is 0 Å². The Bertz CT molecular complexity index is 736. The van der Waals surface area contributed by atoms with Crippen molar-refractivity contribution in [3.8, 4) is 0 Å². The van der Waals surface area contributed by atoms with Gasteiger partial charge in [-0.1, -0.05) is 6.07 Å². The normalized spacial score (nSPS) is 15.4. The average Bonchev–Trinajstić information content (AvgIpc) is 3.02. The molecule has 1 aliphatic heterocycles. The molecule has 2 amide bonds. The molecule has 3 rings (SSSR count). The van der Waals surface area contributed by atoms with Crippen LogP contribution >= 0.6 is 11.8 Å². The Morgan fingerprint density at radius 1 is 1.29 bits per heavy atom. The first-order chi connectivity index (χ1) is 11.6. The molecule has 0 spiro atoms. The summed E-state index contributed by atoms with van der Waals surface area (Å²) in [6.45, 7) is 2.61. The second-order valence-corrected chi connectivity index (χ2v) is 7.05. The van der Waals surface area contributed by atoms with E-state index in [9.17, 15) is 9.59 Å². The van der Waals surface area contributed by atoms with Gasteiger partial charge in [0.1, 0.15) is 0 Å². The number of amides is 2. The van der Waals surface area contributed by atoms with Crippen molar-refractivity contribution in [3.05, 3.63) is 48.8 Å². The molecule has 1 N–H and O–H groups in total. The Balaban J connectivity index is 1.65. The van der Waals surface area contributed by atoms with Gasteiger partial charge >= 0.3 is 0 Å². The van der Waals surface area contributed by atoms with Crippen molar-refractivity contribution in [2.45, 2.75) is 29.9 Å². The van der Waals surface area contributed by atoms with Gasteiger partial charge in [0, 0.05) is 41.6 Å². The van der Waals surface area contributed by atoms with Gasteiger partial charge in [0.15, 0.2) is 0 Å². The minimum absolute atomic E-state index is 0.0679. The quantitative estimate of drug-likeness (QED) is 0.848. The molecule has 0 radical (unpaired) electrons. The molecule has 1 aromatic carbocycles. The van der Waals surface area contributed by atoms with Crippen LogP contribution in [-0.4, -0.2) is 28.6 Å². The molecule has 124 valence electrons. The predicted molar refractivity (Wildman–Crippen MR) is 96.2 cm³/mol. The topological polar surface area (TPSA) is 62.3 Å². The van der Waals surface area contributed by atoms with Gasteiger partial charge in [-0.05, 0) is 43.7 Å². The van der Waals surface area contributed by atoms with Crippen LogP contribution in [0.4, 0.5) is 11.4 Å². The molecule has 1 aliphatic rings. The van der Waals surface area contributed by atoms with Gasteiger partial charge in [-0.2, -0.15) is 0 Å². The van der Waals surface area contributed by atoms with Crippen LogP contribution in [0.5, 0.6) is 0 Å². The molecule has 0 unspecified atom stereocenters. The zero-order valence-corrected chi connectivity index (χ0v) is 14.3. The Kier molecular flexibility index (Phi) is 5.15. The van der Waals surface area contributed by atoms with Crippen LogP contribution in [0.2, 0.25) is 0 Å². The number of pyridine rings is 1. The lowest BCUT2D eigenvalue weighted by Gasteiger charge is -2.17. The van der Waals surface area contributed by atoms with Crippen molar-refractivity contribution in [1.82, 2.24) is 4.98 Å². The summed E-state index contributed by atoms with van der Waals surface area (Å²) >= 11 is 1.48. The maximum atomic E-state index is 12.4. The average molecular weight is 341 g/mol. The number of benzene rings is 1. The summed E-state index contributed by atoms with van der Waals surface area (Å²) in [6.07, 6.45) is 4.90. The van der Waals surface area contributed by atoms with Crippen LogP contribution in [0.15, 0.2) is 53.7 Å². The standard InChI is InChI=1S/C18H19N3O2S/c1-13(24-16-7-9-19-10-8-16)18(23)20-14-4-2-5-15(12-14)21-11-3-6-17(21)22/h2,4-5,7-10,12-13H,3,6,11H2,1H3,(H,20,23)/t13-/m0/s1.